The summed E-state index contributed by atoms with van der Waals surface area (Å²) in [5, 5.41) is 0. The molecule has 0 aromatic heterocycles. The molecule has 2 atom stereocenters. The van der Waals surface area contributed by atoms with Crippen LogP contribution >= 0.6 is 0 Å². The van der Waals surface area contributed by atoms with Crippen LogP contribution in [0.3, 0.4) is 0 Å². The van der Waals surface area contributed by atoms with E-state index in [1.54, 1.807) is 12.0 Å². The highest BCUT2D eigenvalue weighted by atomic mass is 16.5. The summed E-state index contributed by atoms with van der Waals surface area (Å²) in [7, 11) is 1.80. The molecule has 0 saturated heterocycles. The van der Waals surface area contributed by atoms with Gasteiger partial charge in [0.05, 0.1) is 6.10 Å². The largest absolute Gasteiger partial charge is 0.381 e. The normalized spacial score (nSPS) is 34.7. The molecule has 156 valence electrons. The van der Waals surface area contributed by atoms with Crippen LogP contribution < -0.4 is 5.73 Å². The average Bonchev–Trinajstić information content (AvgIpc) is 3.50. The Morgan fingerprint density at radius 2 is 2.00 bits per heavy atom. The van der Waals surface area contributed by atoms with Crippen molar-refractivity contribution in [3.8, 4) is 0 Å². The summed E-state index contributed by atoms with van der Waals surface area (Å²) in [5.41, 5.74) is 9.21. The lowest BCUT2D eigenvalue weighted by Gasteiger charge is -2.45. The van der Waals surface area contributed by atoms with Crippen LogP contribution in [-0.4, -0.2) is 36.0 Å². The van der Waals surface area contributed by atoms with Crippen LogP contribution in [-0.2, 0) is 21.5 Å². The van der Waals surface area contributed by atoms with Crippen molar-refractivity contribution in [1.29, 1.82) is 0 Å². The Bertz CT molecular complexity index is 867. The predicted molar refractivity (Wildman–Crippen MR) is 114 cm³/mol. The standard InChI is InChI=1S/C24H33N3O2/c1-4-15(2)27-21(28)24(26-22(27)25)20-13-17(16-5-6-16)7-8-18(20)14-23(24)11-9-19(29-3)10-12-23/h7-8,13,15-16,19H,4-6,9-12,14H2,1-3H3,(H2,25,26). The van der Waals surface area contributed by atoms with Crippen molar-refractivity contribution in [1.82, 2.24) is 4.90 Å². The van der Waals surface area contributed by atoms with Crippen molar-refractivity contribution in [2.24, 2.45) is 16.1 Å². The molecule has 5 nitrogen and oxygen atoms in total. The van der Waals surface area contributed by atoms with Gasteiger partial charge in [-0.3, -0.25) is 9.69 Å². The number of carbonyl (C=O) groups is 1. The number of amides is 1. The SMILES string of the molecule is CCC(C)N1C(=O)C2(N=C1N)c1cc(C3CC3)ccc1CC21CCC(OC)CC1. The van der Waals surface area contributed by atoms with Crippen LogP contribution in [0, 0.1) is 5.41 Å². The minimum Gasteiger partial charge on any atom is -0.381 e. The first-order valence-electron chi connectivity index (χ1n) is 11.3. The van der Waals surface area contributed by atoms with E-state index < -0.39 is 5.54 Å². The van der Waals surface area contributed by atoms with E-state index >= 15 is 0 Å². The van der Waals surface area contributed by atoms with E-state index in [-0.39, 0.29) is 23.5 Å². The molecule has 1 aromatic carbocycles. The summed E-state index contributed by atoms with van der Waals surface area (Å²) < 4.78 is 5.65. The lowest BCUT2D eigenvalue weighted by Crippen LogP contribution is -2.53. The van der Waals surface area contributed by atoms with Gasteiger partial charge in [-0.15, -0.1) is 0 Å². The molecule has 4 aliphatic rings. The monoisotopic (exact) mass is 395 g/mol. The topological polar surface area (TPSA) is 67.9 Å². The number of hydrogen-bond donors (Lipinski definition) is 1. The molecule has 0 radical (unpaired) electrons. The summed E-state index contributed by atoms with van der Waals surface area (Å²) in [6.07, 6.45) is 8.45. The molecule has 29 heavy (non-hydrogen) atoms. The Kier molecular flexibility index (Phi) is 4.32. The number of guanidine groups is 1. The van der Waals surface area contributed by atoms with Crippen LogP contribution in [0.5, 0.6) is 0 Å². The molecule has 2 unspecified atom stereocenters. The quantitative estimate of drug-likeness (QED) is 0.842. The first-order chi connectivity index (χ1) is 14.0. The number of ether oxygens (including phenoxy) is 1. The Morgan fingerprint density at radius 3 is 2.62 bits per heavy atom. The molecular weight excluding hydrogens is 362 g/mol. The number of benzene rings is 1. The zero-order chi connectivity index (χ0) is 20.4. The highest BCUT2D eigenvalue weighted by Crippen LogP contribution is 2.62. The molecule has 1 amide bonds. The number of nitrogens with zero attached hydrogens (tertiary/aromatic N) is 2. The van der Waals surface area contributed by atoms with E-state index in [1.807, 2.05) is 0 Å². The summed E-state index contributed by atoms with van der Waals surface area (Å²) in [6, 6.07) is 6.92. The van der Waals surface area contributed by atoms with E-state index in [4.69, 9.17) is 15.5 Å². The van der Waals surface area contributed by atoms with Gasteiger partial charge in [-0.1, -0.05) is 25.1 Å². The van der Waals surface area contributed by atoms with Crippen molar-refractivity contribution < 1.29 is 9.53 Å². The first-order valence-corrected chi connectivity index (χ1v) is 11.3. The molecule has 2 fully saturated rings. The molecule has 2 N–H and O–H groups in total. The number of fused-ring (bicyclic) bond motifs is 3. The van der Waals surface area contributed by atoms with Gasteiger partial charge in [-0.05, 0) is 80.9 Å². The number of rotatable bonds is 4. The third-order valence-corrected chi connectivity index (χ3v) is 8.18. The first kappa shape index (κ1) is 19.1. The second kappa shape index (κ2) is 6.56. The van der Waals surface area contributed by atoms with Gasteiger partial charge in [-0.2, -0.15) is 0 Å². The second-order valence-corrected chi connectivity index (χ2v) is 9.70. The Morgan fingerprint density at radius 1 is 1.28 bits per heavy atom. The Labute approximate surface area is 173 Å². The number of hydrogen-bond acceptors (Lipinski definition) is 4. The van der Waals surface area contributed by atoms with E-state index in [2.05, 4.69) is 32.0 Å². The minimum atomic E-state index is -0.848. The highest BCUT2D eigenvalue weighted by molar-refractivity contribution is 6.08. The van der Waals surface area contributed by atoms with Crippen LogP contribution in [0.1, 0.15) is 81.4 Å². The number of nitrogens with two attached hydrogens (primary N) is 1. The third kappa shape index (κ3) is 2.56. The molecule has 2 spiro atoms. The van der Waals surface area contributed by atoms with Gasteiger partial charge < -0.3 is 10.5 Å². The molecule has 1 heterocycles. The van der Waals surface area contributed by atoms with Crippen LogP contribution in [0.2, 0.25) is 0 Å². The van der Waals surface area contributed by atoms with Gasteiger partial charge in [0.1, 0.15) is 0 Å². The average molecular weight is 396 g/mol. The lowest BCUT2D eigenvalue weighted by molar-refractivity contribution is -0.139. The predicted octanol–water partition coefficient (Wildman–Crippen LogP) is 3.85. The van der Waals surface area contributed by atoms with E-state index in [0.29, 0.717) is 11.9 Å². The summed E-state index contributed by atoms with van der Waals surface area (Å²) in [6.45, 7) is 4.17. The van der Waals surface area contributed by atoms with E-state index in [0.717, 1.165) is 44.1 Å². The molecular formula is C24H33N3O2. The fraction of sp³-hybridized carbons (Fsp3) is 0.667. The van der Waals surface area contributed by atoms with Crippen molar-refractivity contribution in [2.75, 3.05) is 7.11 Å². The van der Waals surface area contributed by atoms with Gasteiger partial charge in [0.25, 0.3) is 5.91 Å². The maximum atomic E-state index is 14.1. The summed E-state index contributed by atoms with van der Waals surface area (Å²) in [5.74, 6) is 1.16. The smallest absolute Gasteiger partial charge is 0.262 e. The third-order valence-electron chi connectivity index (χ3n) is 8.18. The fourth-order valence-electron chi connectivity index (χ4n) is 6.13. The van der Waals surface area contributed by atoms with Gasteiger partial charge >= 0.3 is 0 Å². The number of carbonyl (C=O) groups excluding carboxylic acids is 1. The Hall–Kier alpha value is -1.88. The maximum Gasteiger partial charge on any atom is 0.262 e. The van der Waals surface area contributed by atoms with Crippen LogP contribution in [0.25, 0.3) is 0 Å². The van der Waals surface area contributed by atoms with Gasteiger partial charge in [0, 0.05) is 18.6 Å². The van der Waals surface area contributed by atoms with Crippen molar-refractivity contribution in [3.63, 3.8) is 0 Å². The molecule has 1 aromatic rings. The van der Waals surface area contributed by atoms with E-state index in [1.165, 1.54) is 24.0 Å². The summed E-state index contributed by atoms with van der Waals surface area (Å²) in [4.78, 5) is 21.0. The number of aliphatic imine (C=N–C) groups is 1. The van der Waals surface area contributed by atoms with Gasteiger partial charge in [0.2, 0.25) is 0 Å². The summed E-state index contributed by atoms with van der Waals surface area (Å²) >= 11 is 0. The van der Waals surface area contributed by atoms with Crippen LogP contribution in [0.4, 0.5) is 0 Å². The fourth-order valence-corrected chi connectivity index (χ4v) is 6.13. The molecule has 5 rings (SSSR count). The zero-order valence-corrected chi connectivity index (χ0v) is 17.9. The second-order valence-electron chi connectivity index (χ2n) is 9.70. The van der Waals surface area contributed by atoms with Gasteiger partial charge in [-0.25, -0.2) is 4.99 Å². The molecule has 3 aliphatic carbocycles. The minimum absolute atomic E-state index is 0.0636. The van der Waals surface area contributed by atoms with E-state index in [9.17, 15) is 4.79 Å². The molecule has 1 aliphatic heterocycles. The van der Waals surface area contributed by atoms with Crippen molar-refractivity contribution >= 4 is 11.9 Å². The highest BCUT2D eigenvalue weighted by Gasteiger charge is 2.67. The van der Waals surface area contributed by atoms with Gasteiger partial charge in [0.15, 0.2) is 11.5 Å². The van der Waals surface area contributed by atoms with Crippen molar-refractivity contribution in [3.05, 3.63) is 34.9 Å². The zero-order valence-electron chi connectivity index (χ0n) is 17.9. The lowest BCUT2D eigenvalue weighted by atomic mass is 9.61. The maximum absolute atomic E-state index is 14.1. The molecule has 0 bridgehead atoms. The molecule has 2 saturated carbocycles. The van der Waals surface area contributed by atoms with Crippen molar-refractivity contribution in [2.45, 2.75) is 88.8 Å². The number of methoxy groups -OCH3 is 1. The Balaban J connectivity index is 1.65. The van der Waals surface area contributed by atoms with Crippen LogP contribution in [0.15, 0.2) is 23.2 Å². The molecule has 5 heteroatoms.